The van der Waals surface area contributed by atoms with E-state index in [9.17, 15) is 0 Å². The predicted octanol–water partition coefficient (Wildman–Crippen LogP) is 4.30. The quantitative estimate of drug-likeness (QED) is 0.908. The topological polar surface area (TPSA) is 29.3 Å². The van der Waals surface area contributed by atoms with Crippen LogP contribution in [-0.2, 0) is 6.54 Å². The zero-order valence-electron chi connectivity index (χ0n) is 12.2. The maximum absolute atomic E-state index is 6.29. The first-order valence-corrected chi connectivity index (χ1v) is 7.17. The van der Waals surface area contributed by atoms with Gasteiger partial charge in [-0.15, -0.1) is 0 Å². The molecule has 0 aliphatic carbocycles. The Morgan fingerprint density at radius 1 is 1.20 bits per heavy atom. The molecule has 1 atom stereocenters. The zero-order chi connectivity index (χ0) is 14.7. The summed E-state index contributed by atoms with van der Waals surface area (Å²) < 4.78 is 0. The first kappa shape index (κ1) is 14.9. The average molecular weight is 289 g/mol. The van der Waals surface area contributed by atoms with Crippen molar-refractivity contribution in [2.24, 2.45) is 5.73 Å². The molecule has 3 heteroatoms. The van der Waals surface area contributed by atoms with Crippen molar-refractivity contribution < 1.29 is 0 Å². The lowest BCUT2D eigenvalue weighted by molar-refractivity contribution is 0.817. The van der Waals surface area contributed by atoms with Gasteiger partial charge in [0.15, 0.2) is 0 Å². The van der Waals surface area contributed by atoms with Gasteiger partial charge in [0.1, 0.15) is 0 Å². The van der Waals surface area contributed by atoms with Crippen LogP contribution in [0.5, 0.6) is 0 Å². The number of nitrogens with two attached hydrogens (primary N) is 1. The minimum Gasteiger partial charge on any atom is -0.370 e. The van der Waals surface area contributed by atoms with Crippen molar-refractivity contribution in [3.8, 4) is 0 Å². The number of anilines is 1. The van der Waals surface area contributed by atoms with Crippen LogP contribution in [0.1, 0.15) is 29.7 Å². The van der Waals surface area contributed by atoms with Gasteiger partial charge in [0.2, 0.25) is 0 Å². The van der Waals surface area contributed by atoms with Crippen molar-refractivity contribution in [2.45, 2.75) is 26.4 Å². The number of halogens is 1. The van der Waals surface area contributed by atoms with E-state index in [1.54, 1.807) is 0 Å². The Morgan fingerprint density at radius 3 is 2.55 bits per heavy atom. The van der Waals surface area contributed by atoms with Crippen molar-refractivity contribution in [1.29, 1.82) is 0 Å². The summed E-state index contributed by atoms with van der Waals surface area (Å²) in [7, 11) is 2.07. The number of hydrogen-bond acceptors (Lipinski definition) is 2. The SMILES string of the molecule is Cc1cccc(CN(C)c2ccc(C(C)N)c(Cl)c2)c1. The highest BCUT2D eigenvalue weighted by Gasteiger charge is 2.08. The molecule has 0 saturated carbocycles. The molecular weight excluding hydrogens is 268 g/mol. The monoisotopic (exact) mass is 288 g/mol. The maximum atomic E-state index is 6.29. The van der Waals surface area contributed by atoms with Crippen LogP contribution in [0.25, 0.3) is 0 Å². The van der Waals surface area contributed by atoms with Gasteiger partial charge in [-0.1, -0.05) is 47.5 Å². The molecule has 106 valence electrons. The van der Waals surface area contributed by atoms with Gasteiger partial charge in [-0.25, -0.2) is 0 Å². The first-order chi connectivity index (χ1) is 9.47. The molecule has 0 aromatic heterocycles. The molecule has 0 radical (unpaired) electrons. The molecule has 2 nitrogen and oxygen atoms in total. The zero-order valence-corrected chi connectivity index (χ0v) is 13.0. The molecular formula is C17H21ClN2. The van der Waals surface area contributed by atoms with Gasteiger partial charge in [0.05, 0.1) is 0 Å². The first-order valence-electron chi connectivity index (χ1n) is 6.79. The molecule has 2 aromatic rings. The highest BCUT2D eigenvalue weighted by atomic mass is 35.5. The molecule has 0 aliphatic heterocycles. The van der Waals surface area contributed by atoms with Gasteiger partial charge in [-0.2, -0.15) is 0 Å². The molecule has 0 aliphatic rings. The van der Waals surface area contributed by atoms with Crippen molar-refractivity contribution in [3.63, 3.8) is 0 Å². The summed E-state index contributed by atoms with van der Waals surface area (Å²) in [6, 6.07) is 14.6. The summed E-state index contributed by atoms with van der Waals surface area (Å²) >= 11 is 6.29. The fourth-order valence-electron chi connectivity index (χ4n) is 2.30. The summed E-state index contributed by atoms with van der Waals surface area (Å²) in [5.74, 6) is 0. The largest absolute Gasteiger partial charge is 0.370 e. The lowest BCUT2D eigenvalue weighted by atomic mass is 10.1. The number of benzene rings is 2. The summed E-state index contributed by atoms with van der Waals surface area (Å²) in [6.45, 7) is 4.91. The van der Waals surface area contributed by atoms with E-state index in [1.165, 1.54) is 11.1 Å². The maximum Gasteiger partial charge on any atom is 0.0474 e. The van der Waals surface area contributed by atoms with Gasteiger partial charge in [0, 0.05) is 30.3 Å². The number of rotatable bonds is 4. The van der Waals surface area contributed by atoms with Gasteiger partial charge < -0.3 is 10.6 Å². The molecule has 0 amide bonds. The molecule has 2 aromatic carbocycles. The second-order valence-corrected chi connectivity index (χ2v) is 5.75. The Morgan fingerprint density at radius 2 is 1.95 bits per heavy atom. The van der Waals surface area contributed by atoms with Gasteiger partial charge >= 0.3 is 0 Å². The van der Waals surface area contributed by atoms with Crippen molar-refractivity contribution >= 4 is 17.3 Å². The fourth-order valence-corrected chi connectivity index (χ4v) is 2.65. The van der Waals surface area contributed by atoms with E-state index >= 15 is 0 Å². The normalized spacial score (nSPS) is 12.2. The summed E-state index contributed by atoms with van der Waals surface area (Å²) in [4.78, 5) is 2.19. The van der Waals surface area contributed by atoms with Crippen LogP contribution in [0.2, 0.25) is 5.02 Å². The van der Waals surface area contributed by atoms with E-state index in [2.05, 4.69) is 49.2 Å². The Bertz CT molecular complexity index is 593. The Balaban J connectivity index is 2.17. The van der Waals surface area contributed by atoms with E-state index in [1.807, 2.05) is 19.1 Å². The van der Waals surface area contributed by atoms with E-state index < -0.39 is 0 Å². The molecule has 1 unspecified atom stereocenters. The van der Waals surface area contributed by atoms with Gasteiger partial charge in [-0.05, 0) is 37.1 Å². The molecule has 0 bridgehead atoms. The summed E-state index contributed by atoms with van der Waals surface area (Å²) in [6.07, 6.45) is 0. The van der Waals surface area contributed by atoms with Crippen LogP contribution < -0.4 is 10.6 Å². The molecule has 2 rings (SSSR count). The number of nitrogens with zero attached hydrogens (tertiary/aromatic N) is 1. The van der Waals surface area contributed by atoms with Crippen molar-refractivity contribution in [2.75, 3.05) is 11.9 Å². The Labute approximate surface area is 126 Å². The fraction of sp³-hybridized carbons (Fsp3) is 0.294. The predicted molar refractivity (Wildman–Crippen MR) is 87.3 cm³/mol. The van der Waals surface area contributed by atoms with Crippen LogP contribution in [0.15, 0.2) is 42.5 Å². The third-order valence-electron chi connectivity index (χ3n) is 3.42. The lowest BCUT2D eigenvalue weighted by Gasteiger charge is -2.21. The minimum absolute atomic E-state index is 0.0429. The molecule has 0 fully saturated rings. The third-order valence-corrected chi connectivity index (χ3v) is 3.74. The molecule has 2 N–H and O–H groups in total. The minimum atomic E-state index is -0.0429. The van der Waals surface area contributed by atoms with Crippen LogP contribution in [-0.4, -0.2) is 7.05 Å². The second-order valence-electron chi connectivity index (χ2n) is 5.34. The van der Waals surface area contributed by atoms with Gasteiger partial charge in [0.25, 0.3) is 0 Å². The highest BCUT2D eigenvalue weighted by Crippen LogP contribution is 2.27. The average Bonchev–Trinajstić information content (AvgIpc) is 2.38. The summed E-state index contributed by atoms with van der Waals surface area (Å²) in [5.41, 5.74) is 10.5. The Hall–Kier alpha value is -1.51. The molecule has 0 saturated heterocycles. The van der Waals surface area contributed by atoms with E-state index in [-0.39, 0.29) is 6.04 Å². The van der Waals surface area contributed by atoms with Crippen molar-refractivity contribution in [3.05, 3.63) is 64.2 Å². The standard InChI is InChI=1S/C17H21ClN2/c1-12-5-4-6-14(9-12)11-20(3)15-7-8-16(13(2)19)17(18)10-15/h4-10,13H,11,19H2,1-3H3. The van der Waals surface area contributed by atoms with Crippen LogP contribution in [0, 0.1) is 6.92 Å². The highest BCUT2D eigenvalue weighted by molar-refractivity contribution is 6.31. The van der Waals surface area contributed by atoms with Crippen molar-refractivity contribution in [1.82, 2.24) is 0 Å². The van der Waals surface area contributed by atoms with Crippen LogP contribution in [0.4, 0.5) is 5.69 Å². The number of aryl methyl sites for hydroxylation is 1. The van der Waals surface area contributed by atoms with Crippen LogP contribution in [0.3, 0.4) is 0 Å². The van der Waals surface area contributed by atoms with E-state index in [0.717, 1.165) is 22.8 Å². The molecule has 20 heavy (non-hydrogen) atoms. The third kappa shape index (κ3) is 3.53. The summed E-state index contributed by atoms with van der Waals surface area (Å²) in [5, 5.41) is 0.730. The molecule has 0 spiro atoms. The smallest absolute Gasteiger partial charge is 0.0474 e. The Kier molecular flexibility index (Phi) is 4.69. The second kappa shape index (κ2) is 6.29. The van der Waals surface area contributed by atoms with Gasteiger partial charge in [-0.3, -0.25) is 0 Å². The lowest BCUT2D eigenvalue weighted by Crippen LogP contribution is -2.16. The van der Waals surface area contributed by atoms with E-state index in [0.29, 0.717) is 0 Å². The molecule has 0 heterocycles. The van der Waals surface area contributed by atoms with Crippen LogP contribution >= 0.6 is 11.6 Å². The van der Waals surface area contributed by atoms with E-state index in [4.69, 9.17) is 17.3 Å². The number of hydrogen-bond donors (Lipinski definition) is 1.